The summed E-state index contributed by atoms with van der Waals surface area (Å²) in [4.78, 5) is 11.4. The van der Waals surface area contributed by atoms with Crippen molar-refractivity contribution in [3.05, 3.63) is 33.3 Å². The zero-order valence-corrected chi connectivity index (χ0v) is 11.3. The molecule has 0 bridgehead atoms. The van der Waals surface area contributed by atoms with Crippen molar-refractivity contribution < 1.29 is 17.9 Å². The van der Waals surface area contributed by atoms with Crippen LogP contribution in [0.3, 0.4) is 0 Å². The maximum Gasteiger partial charge on any atom is 0.339 e. The fraction of sp³-hybridized carbons (Fsp3) is 0.300. The molecule has 1 aromatic rings. The van der Waals surface area contributed by atoms with Gasteiger partial charge in [-0.05, 0) is 46.1 Å². The predicted octanol–water partition coefficient (Wildman–Crippen LogP) is 1.66. The third-order valence-corrected chi connectivity index (χ3v) is 3.39. The number of rotatable bonds is 3. The summed E-state index contributed by atoms with van der Waals surface area (Å²) < 4.78 is 26.5. The van der Waals surface area contributed by atoms with Gasteiger partial charge in [-0.3, -0.25) is 0 Å². The third kappa shape index (κ3) is 3.05. The molecule has 0 aliphatic carbocycles. The molecular formula is C10H11BrO4S. The Morgan fingerprint density at radius 2 is 2.06 bits per heavy atom. The van der Waals surface area contributed by atoms with Crippen molar-refractivity contribution in [2.24, 2.45) is 0 Å². The number of thiol groups is 1. The highest BCUT2D eigenvalue weighted by Gasteiger charge is 2.13. The molecule has 0 aliphatic heterocycles. The molecule has 0 aromatic heterocycles. The first kappa shape index (κ1) is 13.2. The normalized spacial score (nSPS) is 10.5. The van der Waals surface area contributed by atoms with E-state index in [-0.39, 0.29) is 5.75 Å². The molecule has 1 aromatic carbocycles. The Morgan fingerprint density at radius 1 is 1.44 bits per heavy atom. The van der Waals surface area contributed by atoms with Gasteiger partial charge in [-0.1, -0.05) is 0 Å². The van der Waals surface area contributed by atoms with Crippen LogP contribution in [0.5, 0.6) is 0 Å². The van der Waals surface area contributed by atoms with Gasteiger partial charge in [0.2, 0.25) is 0 Å². The number of esters is 1. The Labute approximate surface area is 104 Å². The van der Waals surface area contributed by atoms with Crippen LogP contribution in [0, 0.1) is 6.92 Å². The average Bonchev–Trinajstić information content (AvgIpc) is 2.20. The predicted molar refractivity (Wildman–Crippen MR) is 64.2 cm³/mol. The summed E-state index contributed by atoms with van der Waals surface area (Å²) in [5.74, 6) is -0.562. The van der Waals surface area contributed by atoms with Crippen molar-refractivity contribution in [3.8, 4) is 0 Å². The van der Waals surface area contributed by atoms with Crippen LogP contribution in [0.1, 0.15) is 21.5 Å². The maximum atomic E-state index is 11.4. The molecule has 0 amide bonds. The smallest absolute Gasteiger partial charge is 0.339 e. The first-order valence-corrected chi connectivity index (χ1v) is 6.60. The highest BCUT2D eigenvalue weighted by atomic mass is 79.9. The fourth-order valence-electron chi connectivity index (χ4n) is 1.29. The Hall–Kier alpha value is -0.880. The molecule has 0 atom stereocenters. The fourth-order valence-corrected chi connectivity index (χ4v) is 2.53. The summed E-state index contributed by atoms with van der Waals surface area (Å²) in [6.07, 6.45) is 0. The molecule has 0 saturated heterocycles. The van der Waals surface area contributed by atoms with E-state index in [4.69, 9.17) is 0 Å². The lowest BCUT2D eigenvalue weighted by molar-refractivity contribution is 0.0599. The van der Waals surface area contributed by atoms with E-state index in [1.807, 2.05) is 0 Å². The van der Waals surface area contributed by atoms with Crippen molar-refractivity contribution in [1.29, 1.82) is 0 Å². The Morgan fingerprint density at radius 3 is 2.56 bits per heavy atom. The SMILES string of the molecule is COC(=O)c1cc(C[SH](=O)=O)c(C)cc1Br. The maximum absolute atomic E-state index is 11.4. The molecule has 0 saturated carbocycles. The van der Waals surface area contributed by atoms with Crippen LogP contribution in [0.25, 0.3) is 0 Å². The minimum Gasteiger partial charge on any atom is -0.465 e. The van der Waals surface area contributed by atoms with Crippen LogP contribution in [-0.4, -0.2) is 21.5 Å². The first-order valence-electron chi connectivity index (χ1n) is 4.45. The number of aryl methyl sites for hydroxylation is 1. The number of carbonyl (C=O) groups excluding carboxylic acids is 1. The van der Waals surface area contributed by atoms with E-state index in [0.29, 0.717) is 15.6 Å². The van der Waals surface area contributed by atoms with E-state index in [2.05, 4.69) is 20.7 Å². The molecule has 0 unspecified atom stereocenters. The van der Waals surface area contributed by atoms with E-state index in [1.54, 1.807) is 13.0 Å². The minimum atomic E-state index is -2.51. The standard InChI is InChI=1S/C10H11BrO4S/c1-6-3-9(11)8(10(12)15-2)4-7(6)5-16(13)14/h3-4,16H,5H2,1-2H3. The quantitative estimate of drug-likeness (QED) is 0.681. The number of halogens is 1. The molecule has 4 nitrogen and oxygen atoms in total. The summed E-state index contributed by atoms with van der Waals surface area (Å²) in [6.45, 7) is 1.79. The summed E-state index contributed by atoms with van der Waals surface area (Å²) in [5, 5.41) is 0. The van der Waals surface area contributed by atoms with Gasteiger partial charge in [0, 0.05) is 4.47 Å². The minimum absolute atomic E-state index is 0.0710. The van der Waals surface area contributed by atoms with E-state index >= 15 is 0 Å². The lowest BCUT2D eigenvalue weighted by Gasteiger charge is -2.07. The highest BCUT2D eigenvalue weighted by Crippen LogP contribution is 2.23. The topological polar surface area (TPSA) is 60.4 Å². The molecule has 0 fully saturated rings. The van der Waals surface area contributed by atoms with Crippen molar-refractivity contribution in [2.75, 3.05) is 7.11 Å². The van der Waals surface area contributed by atoms with Crippen LogP contribution >= 0.6 is 15.9 Å². The summed E-state index contributed by atoms with van der Waals surface area (Å²) in [6, 6.07) is 3.25. The van der Waals surface area contributed by atoms with Crippen LogP contribution in [0.15, 0.2) is 16.6 Å². The number of hydrogen-bond donors (Lipinski definition) is 1. The summed E-state index contributed by atoms with van der Waals surface area (Å²) >= 11 is 3.24. The van der Waals surface area contributed by atoms with Gasteiger partial charge in [0.05, 0.1) is 18.4 Å². The Balaban J connectivity index is 3.26. The van der Waals surface area contributed by atoms with Gasteiger partial charge in [0.15, 0.2) is 0 Å². The van der Waals surface area contributed by atoms with Gasteiger partial charge >= 0.3 is 5.97 Å². The van der Waals surface area contributed by atoms with Gasteiger partial charge < -0.3 is 4.74 Å². The molecule has 6 heteroatoms. The van der Waals surface area contributed by atoms with Gasteiger partial charge in [-0.15, -0.1) is 0 Å². The number of ether oxygens (including phenoxy) is 1. The third-order valence-electron chi connectivity index (χ3n) is 2.13. The molecule has 88 valence electrons. The lowest BCUT2D eigenvalue weighted by atomic mass is 10.1. The van der Waals surface area contributed by atoms with E-state index in [9.17, 15) is 13.2 Å². The average molecular weight is 307 g/mol. The highest BCUT2D eigenvalue weighted by molar-refractivity contribution is 9.10. The van der Waals surface area contributed by atoms with E-state index < -0.39 is 16.7 Å². The second-order valence-corrected chi connectivity index (χ2v) is 5.08. The monoisotopic (exact) mass is 306 g/mol. The van der Waals surface area contributed by atoms with Crippen LogP contribution in [0.2, 0.25) is 0 Å². The van der Waals surface area contributed by atoms with Gasteiger partial charge in [-0.2, -0.15) is 0 Å². The molecule has 0 radical (unpaired) electrons. The van der Waals surface area contributed by atoms with Crippen LogP contribution in [-0.2, 0) is 21.2 Å². The van der Waals surface area contributed by atoms with Crippen molar-refractivity contribution in [3.63, 3.8) is 0 Å². The van der Waals surface area contributed by atoms with E-state index in [1.165, 1.54) is 13.2 Å². The molecule has 0 N–H and O–H groups in total. The zero-order valence-electron chi connectivity index (χ0n) is 8.82. The first-order chi connectivity index (χ1) is 7.45. The van der Waals surface area contributed by atoms with Crippen LogP contribution in [0.4, 0.5) is 0 Å². The van der Waals surface area contributed by atoms with Crippen LogP contribution < -0.4 is 0 Å². The molecular weight excluding hydrogens is 296 g/mol. The number of methoxy groups -OCH3 is 1. The molecule has 0 spiro atoms. The Bertz CT molecular complexity index is 486. The Kier molecular flexibility index (Phi) is 4.49. The molecule has 0 heterocycles. The van der Waals surface area contributed by atoms with Crippen molar-refractivity contribution in [2.45, 2.75) is 12.7 Å². The summed E-state index contributed by atoms with van der Waals surface area (Å²) in [5.41, 5.74) is 1.76. The molecule has 16 heavy (non-hydrogen) atoms. The van der Waals surface area contributed by atoms with E-state index in [0.717, 1.165) is 5.56 Å². The zero-order chi connectivity index (χ0) is 12.3. The molecule has 1 rings (SSSR count). The molecule has 0 aliphatic rings. The van der Waals surface area contributed by atoms with Gasteiger partial charge in [-0.25, -0.2) is 13.2 Å². The lowest BCUT2D eigenvalue weighted by Crippen LogP contribution is -2.04. The van der Waals surface area contributed by atoms with Crippen molar-refractivity contribution in [1.82, 2.24) is 0 Å². The van der Waals surface area contributed by atoms with Gasteiger partial charge in [0.25, 0.3) is 0 Å². The van der Waals surface area contributed by atoms with Crippen molar-refractivity contribution >= 4 is 32.6 Å². The summed E-state index contributed by atoms with van der Waals surface area (Å²) in [7, 11) is -1.23. The number of benzene rings is 1. The van der Waals surface area contributed by atoms with Gasteiger partial charge in [0.1, 0.15) is 10.7 Å². The largest absolute Gasteiger partial charge is 0.465 e. The second kappa shape index (κ2) is 5.45. The second-order valence-electron chi connectivity index (χ2n) is 3.24. The number of hydrogen-bond acceptors (Lipinski definition) is 4. The number of carbonyl (C=O) groups is 1.